The molecule has 0 spiro atoms. The Balaban J connectivity index is 2.72. The van der Waals surface area contributed by atoms with Crippen molar-refractivity contribution in [1.29, 1.82) is 0 Å². The van der Waals surface area contributed by atoms with Gasteiger partial charge in [0, 0.05) is 19.7 Å². The van der Waals surface area contributed by atoms with Crippen molar-refractivity contribution in [2.75, 3.05) is 18.5 Å². The van der Waals surface area contributed by atoms with E-state index in [-0.39, 0.29) is 0 Å². The Labute approximate surface area is 100 Å². The molecule has 5 heteroatoms. The lowest BCUT2D eigenvalue weighted by Crippen LogP contribution is -2.20. The van der Waals surface area contributed by atoms with E-state index in [0.29, 0.717) is 16.2 Å². The average molecular weight is 248 g/mol. The van der Waals surface area contributed by atoms with Crippen LogP contribution in [0.4, 0.5) is 5.69 Å². The molecule has 0 aliphatic rings. The third-order valence-corrected chi connectivity index (χ3v) is 2.61. The van der Waals surface area contributed by atoms with Gasteiger partial charge in [-0.1, -0.05) is 37.0 Å². The highest BCUT2D eigenvalue weighted by Crippen LogP contribution is 2.24. The molecule has 0 aromatic carbocycles. The molecule has 0 bridgehead atoms. The van der Waals surface area contributed by atoms with E-state index in [1.807, 2.05) is 11.9 Å². The number of halogens is 2. The van der Waals surface area contributed by atoms with E-state index in [4.69, 9.17) is 23.2 Å². The molecule has 0 saturated carbocycles. The van der Waals surface area contributed by atoms with Crippen LogP contribution in [0, 0.1) is 5.92 Å². The molecule has 1 aromatic rings. The molecule has 0 aliphatic carbocycles. The van der Waals surface area contributed by atoms with Crippen molar-refractivity contribution in [3.63, 3.8) is 0 Å². The van der Waals surface area contributed by atoms with Crippen molar-refractivity contribution in [1.82, 2.24) is 10.2 Å². The van der Waals surface area contributed by atoms with Crippen molar-refractivity contribution < 1.29 is 0 Å². The Morgan fingerprint density at radius 3 is 2.60 bits per heavy atom. The van der Waals surface area contributed by atoms with Crippen LogP contribution in [0.15, 0.2) is 6.07 Å². The second-order valence-electron chi connectivity index (χ2n) is 3.95. The number of rotatable bonds is 4. The summed E-state index contributed by atoms with van der Waals surface area (Å²) in [5, 5.41) is 8.20. The van der Waals surface area contributed by atoms with E-state index in [9.17, 15) is 0 Å². The van der Waals surface area contributed by atoms with Crippen LogP contribution < -0.4 is 4.90 Å². The quantitative estimate of drug-likeness (QED) is 0.818. The first-order chi connectivity index (χ1) is 7.00. The Morgan fingerprint density at radius 2 is 2.00 bits per heavy atom. The normalized spacial score (nSPS) is 10.8. The molecule has 0 aliphatic heterocycles. The lowest BCUT2D eigenvalue weighted by Gasteiger charge is -2.20. The van der Waals surface area contributed by atoms with Crippen molar-refractivity contribution >= 4 is 28.9 Å². The Bertz CT molecular complexity index is 328. The molecule has 84 valence electrons. The smallest absolute Gasteiger partial charge is 0.175 e. The second-order valence-corrected chi connectivity index (χ2v) is 4.69. The number of hydrogen-bond donors (Lipinski definition) is 0. The summed E-state index contributed by atoms with van der Waals surface area (Å²) in [7, 11) is 1.97. The molecule has 0 fully saturated rings. The molecule has 1 aromatic heterocycles. The average Bonchev–Trinajstić information content (AvgIpc) is 2.18. The zero-order chi connectivity index (χ0) is 11.4. The highest BCUT2D eigenvalue weighted by molar-refractivity contribution is 6.33. The molecule has 0 amide bonds. The van der Waals surface area contributed by atoms with Gasteiger partial charge in [-0.25, -0.2) is 0 Å². The van der Waals surface area contributed by atoms with Crippen LogP contribution in [0.2, 0.25) is 10.3 Å². The van der Waals surface area contributed by atoms with Crippen molar-refractivity contribution in [2.24, 2.45) is 5.92 Å². The summed E-state index contributed by atoms with van der Waals surface area (Å²) < 4.78 is 0. The van der Waals surface area contributed by atoms with Crippen LogP contribution >= 0.6 is 23.2 Å². The van der Waals surface area contributed by atoms with Gasteiger partial charge in [-0.15, -0.1) is 10.2 Å². The van der Waals surface area contributed by atoms with Gasteiger partial charge in [0.15, 0.2) is 10.3 Å². The Kier molecular flexibility index (Phi) is 4.61. The molecule has 0 atom stereocenters. The highest BCUT2D eigenvalue weighted by Gasteiger charge is 2.09. The second kappa shape index (κ2) is 5.52. The fourth-order valence-electron chi connectivity index (χ4n) is 1.18. The highest BCUT2D eigenvalue weighted by atomic mass is 35.5. The maximum atomic E-state index is 5.93. The molecule has 0 saturated heterocycles. The molecule has 15 heavy (non-hydrogen) atoms. The van der Waals surface area contributed by atoms with Crippen LogP contribution in [0.3, 0.4) is 0 Å². The van der Waals surface area contributed by atoms with Gasteiger partial charge in [0.25, 0.3) is 0 Å². The molecule has 3 nitrogen and oxygen atoms in total. The minimum Gasteiger partial charge on any atom is -0.372 e. The van der Waals surface area contributed by atoms with Gasteiger partial charge in [0.05, 0.1) is 5.69 Å². The Hall–Kier alpha value is -0.540. The minimum absolute atomic E-state index is 0.366. The van der Waals surface area contributed by atoms with Crippen LogP contribution in [0.5, 0.6) is 0 Å². The number of hydrogen-bond acceptors (Lipinski definition) is 3. The lowest BCUT2D eigenvalue weighted by atomic mass is 10.1. The Morgan fingerprint density at radius 1 is 1.33 bits per heavy atom. The topological polar surface area (TPSA) is 29.0 Å². The summed E-state index contributed by atoms with van der Waals surface area (Å²) in [5.41, 5.74) is 0.831. The fraction of sp³-hybridized carbons (Fsp3) is 0.600. The van der Waals surface area contributed by atoms with Crippen molar-refractivity contribution in [3.05, 3.63) is 16.4 Å². The summed E-state index contributed by atoms with van der Waals surface area (Å²) in [6, 6.07) is 1.73. The molecular formula is C10H15Cl2N3. The van der Waals surface area contributed by atoms with Crippen molar-refractivity contribution in [3.8, 4) is 0 Å². The van der Waals surface area contributed by atoms with E-state index >= 15 is 0 Å². The van der Waals surface area contributed by atoms with Gasteiger partial charge in [0.2, 0.25) is 0 Å². The van der Waals surface area contributed by atoms with E-state index in [1.54, 1.807) is 6.07 Å². The predicted octanol–water partition coefficient (Wildman–Crippen LogP) is 3.27. The third kappa shape index (κ3) is 3.84. The zero-order valence-electron chi connectivity index (χ0n) is 9.17. The largest absolute Gasteiger partial charge is 0.372 e. The van der Waals surface area contributed by atoms with E-state index in [0.717, 1.165) is 18.7 Å². The van der Waals surface area contributed by atoms with E-state index in [2.05, 4.69) is 24.0 Å². The maximum Gasteiger partial charge on any atom is 0.175 e. The van der Waals surface area contributed by atoms with Crippen molar-refractivity contribution in [2.45, 2.75) is 20.3 Å². The molecule has 0 unspecified atom stereocenters. The van der Waals surface area contributed by atoms with Crippen LogP contribution in [-0.2, 0) is 0 Å². The number of nitrogens with zero attached hydrogens (tertiary/aromatic N) is 3. The van der Waals surface area contributed by atoms with Gasteiger partial charge in [-0.2, -0.15) is 0 Å². The predicted molar refractivity (Wildman–Crippen MR) is 64.8 cm³/mol. The number of anilines is 1. The van der Waals surface area contributed by atoms with Gasteiger partial charge >= 0.3 is 0 Å². The van der Waals surface area contributed by atoms with Gasteiger partial charge in [-0.3, -0.25) is 0 Å². The lowest BCUT2D eigenvalue weighted by molar-refractivity contribution is 0.585. The first-order valence-electron chi connectivity index (χ1n) is 4.90. The van der Waals surface area contributed by atoms with Gasteiger partial charge < -0.3 is 4.90 Å². The van der Waals surface area contributed by atoms with Crippen LogP contribution in [0.1, 0.15) is 20.3 Å². The first kappa shape index (κ1) is 12.5. The monoisotopic (exact) mass is 247 g/mol. The molecule has 0 radical (unpaired) electrons. The first-order valence-corrected chi connectivity index (χ1v) is 5.66. The van der Waals surface area contributed by atoms with E-state index in [1.165, 1.54) is 0 Å². The molecular weight excluding hydrogens is 233 g/mol. The third-order valence-electron chi connectivity index (χ3n) is 2.15. The minimum atomic E-state index is 0.366. The summed E-state index contributed by atoms with van der Waals surface area (Å²) >= 11 is 11.7. The summed E-state index contributed by atoms with van der Waals surface area (Å²) in [4.78, 5) is 2.04. The molecule has 1 rings (SSSR count). The fourth-order valence-corrected chi connectivity index (χ4v) is 1.56. The summed E-state index contributed by atoms with van der Waals surface area (Å²) in [6.45, 7) is 5.31. The SMILES string of the molecule is CC(C)CCN(C)c1cc(Cl)nnc1Cl. The summed E-state index contributed by atoms with van der Waals surface area (Å²) in [5.74, 6) is 0.663. The van der Waals surface area contributed by atoms with Crippen LogP contribution in [0.25, 0.3) is 0 Å². The van der Waals surface area contributed by atoms with Gasteiger partial charge in [-0.05, 0) is 12.3 Å². The number of aromatic nitrogens is 2. The van der Waals surface area contributed by atoms with E-state index < -0.39 is 0 Å². The standard InChI is InChI=1S/C10H15Cl2N3/c1-7(2)4-5-15(3)8-6-9(11)13-14-10(8)12/h6-7H,4-5H2,1-3H3. The van der Waals surface area contributed by atoms with Crippen LogP contribution in [-0.4, -0.2) is 23.8 Å². The van der Waals surface area contributed by atoms with Gasteiger partial charge in [0.1, 0.15) is 0 Å². The zero-order valence-corrected chi connectivity index (χ0v) is 10.7. The molecule has 0 N–H and O–H groups in total. The maximum absolute atomic E-state index is 5.93. The molecule has 1 heterocycles. The summed E-state index contributed by atoms with van der Waals surface area (Å²) in [6.07, 6.45) is 1.10.